The topological polar surface area (TPSA) is 78.3 Å². The minimum atomic E-state index is -0.232. The van der Waals surface area contributed by atoms with Gasteiger partial charge in [0.1, 0.15) is 17.3 Å². The summed E-state index contributed by atoms with van der Waals surface area (Å²) < 4.78 is 12.6. The number of nitrogens with zero attached hydrogens (tertiary/aromatic N) is 3. The zero-order chi connectivity index (χ0) is 17.8. The Morgan fingerprint density at radius 3 is 2.52 bits per heavy atom. The predicted octanol–water partition coefficient (Wildman–Crippen LogP) is 2.51. The Bertz CT molecular complexity index is 735. The highest BCUT2D eigenvalue weighted by Gasteiger charge is 2.21. The first-order chi connectivity index (χ1) is 12.1. The number of hydrogen-bond acceptors (Lipinski definition) is 5. The first-order valence-electron chi connectivity index (χ1n) is 8.58. The van der Waals surface area contributed by atoms with Crippen molar-refractivity contribution >= 4 is 5.91 Å². The molecule has 2 heterocycles. The molecule has 0 saturated heterocycles. The third-order valence-electron chi connectivity index (χ3n) is 4.49. The summed E-state index contributed by atoms with van der Waals surface area (Å²) in [6, 6.07) is 4.88. The molecule has 2 aromatic rings. The third-order valence-corrected chi connectivity index (χ3v) is 4.49. The molecule has 0 spiro atoms. The summed E-state index contributed by atoms with van der Waals surface area (Å²) in [4.78, 5) is 12.6. The van der Waals surface area contributed by atoms with Crippen molar-refractivity contribution in [3.8, 4) is 11.5 Å². The van der Waals surface area contributed by atoms with E-state index in [4.69, 9.17) is 9.47 Å². The van der Waals surface area contributed by atoms with Gasteiger partial charge >= 0.3 is 0 Å². The van der Waals surface area contributed by atoms with Crippen LogP contribution < -0.4 is 14.8 Å². The molecule has 1 atom stereocenters. The molecular weight excluding hydrogens is 320 g/mol. The summed E-state index contributed by atoms with van der Waals surface area (Å²) >= 11 is 0. The number of nitrogens with one attached hydrogen (secondary N) is 1. The molecule has 7 heteroatoms. The molecule has 0 radical (unpaired) electrons. The summed E-state index contributed by atoms with van der Waals surface area (Å²) in [5.74, 6) is 2.77. The molecule has 134 valence electrons. The Kier molecular flexibility index (Phi) is 5.21. The summed E-state index contributed by atoms with van der Waals surface area (Å²) in [7, 11) is 3.12. The number of carbonyl (C=O) groups is 1. The Balaban J connectivity index is 1.78. The predicted molar refractivity (Wildman–Crippen MR) is 93.0 cm³/mol. The average Bonchev–Trinajstić information content (AvgIpc) is 2.89. The van der Waals surface area contributed by atoms with Crippen molar-refractivity contribution in [1.82, 2.24) is 20.1 Å². The standard InChI is InChI=1S/C18H24N4O3/c1-12(17-21-20-16-7-5-4-6-8-22(16)17)19-18(23)13-9-14(24-2)11-15(10-13)25-3/h9-12H,4-8H2,1-3H3,(H,19,23)/t12-/m1/s1. The molecule has 1 aromatic heterocycles. The molecule has 1 aromatic carbocycles. The van der Waals surface area contributed by atoms with Gasteiger partial charge in [0.15, 0.2) is 5.82 Å². The van der Waals surface area contributed by atoms with E-state index in [2.05, 4.69) is 20.1 Å². The first kappa shape index (κ1) is 17.3. The van der Waals surface area contributed by atoms with Crippen LogP contribution in [0.5, 0.6) is 11.5 Å². The van der Waals surface area contributed by atoms with Gasteiger partial charge in [-0.05, 0) is 31.9 Å². The number of aryl methyl sites for hydroxylation is 1. The highest BCUT2D eigenvalue weighted by Crippen LogP contribution is 2.23. The van der Waals surface area contributed by atoms with Crippen LogP contribution in [0.15, 0.2) is 18.2 Å². The van der Waals surface area contributed by atoms with E-state index in [0.717, 1.165) is 37.5 Å². The third kappa shape index (κ3) is 3.75. The van der Waals surface area contributed by atoms with Gasteiger partial charge in [0.2, 0.25) is 0 Å². The van der Waals surface area contributed by atoms with Crippen LogP contribution in [0.25, 0.3) is 0 Å². The normalized spacial score (nSPS) is 15.0. The van der Waals surface area contributed by atoms with E-state index in [1.165, 1.54) is 6.42 Å². The number of ether oxygens (including phenoxy) is 2. The van der Waals surface area contributed by atoms with Crippen molar-refractivity contribution < 1.29 is 14.3 Å². The number of benzene rings is 1. The van der Waals surface area contributed by atoms with E-state index < -0.39 is 0 Å². The smallest absolute Gasteiger partial charge is 0.252 e. The van der Waals surface area contributed by atoms with E-state index in [1.807, 2.05) is 6.92 Å². The zero-order valence-electron chi connectivity index (χ0n) is 14.9. The Labute approximate surface area is 147 Å². The van der Waals surface area contributed by atoms with Gasteiger partial charge in [0.25, 0.3) is 5.91 Å². The van der Waals surface area contributed by atoms with Gasteiger partial charge in [-0.1, -0.05) is 6.42 Å². The lowest BCUT2D eigenvalue weighted by Gasteiger charge is -2.16. The maximum absolute atomic E-state index is 12.6. The van der Waals surface area contributed by atoms with Crippen molar-refractivity contribution in [2.75, 3.05) is 14.2 Å². The number of aromatic nitrogens is 3. The minimum absolute atomic E-state index is 0.198. The first-order valence-corrected chi connectivity index (χ1v) is 8.58. The highest BCUT2D eigenvalue weighted by atomic mass is 16.5. The maximum atomic E-state index is 12.6. The summed E-state index contributed by atoms with van der Waals surface area (Å²) in [5, 5.41) is 11.6. The van der Waals surface area contributed by atoms with E-state index in [9.17, 15) is 4.79 Å². The summed E-state index contributed by atoms with van der Waals surface area (Å²) in [6.45, 7) is 2.84. The number of carbonyl (C=O) groups excluding carboxylic acids is 1. The van der Waals surface area contributed by atoms with Crippen molar-refractivity contribution in [2.45, 2.75) is 45.2 Å². The van der Waals surface area contributed by atoms with E-state index in [1.54, 1.807) is 32.4 Å². The number of rotatable bonds is 5. The van der Waals surface area contributed by atoms with Crippen LogP contribution in [0.4, 0.5) is 0 Å². The molecule has 0 saturated carbocycles. The van der Waals surface area contributed by atoms with Crippen molar-refractivity contribution in [2.24, 2.45) is 0 Å². The van der Waals surface area contributed by atoms with Gasteiger partial charge in [0, 0.05) is 24.6 Å². The number of amides is 1. The zero-order valence-corrected chi connectivity index (χ0v) is 14.9. The SMILES string of the molecule is COc1cc(OC)cc(C(=O)N[C@H](C)c2nnc3n2CCCCC3)c1. The van der Waals surface area contributed by atoms with Crippen molar-refractivity contribution in [3.05, 3.63) is 35.4 Å². The molecule has 0 unspecified atom stereocenters. The molecule has 1 amide bonds. The Morgan fingerprint density at radius 2 is 1.84 bits per heavy atom. The summed E-state index contributed by atoms with van der Waals surface area (Å²) in [6.07, 6.45) is 4.40. The van der Waals surface area contributed by atoms with Gasteiger partial charge in [-0.2, -0.15) is 0 Å². The van der Waals surface area contributed by atoms with Gasteiger partial charge in [-0.15, -0.1) is 10.2 Å². The molecule has 1 N–H and O–H groups in total. The molecule has 3 rings (SSSR count). The molecule has 7 nitrogen and oxygen atoms in total. The monoisotopic (exact) mass is 344 g/mol. The Morgan fingerprint density at radius 1 is 1.12 bits per heavy atom. The largest absolute Gasteiger partial charge is 0.497 e. The van der Waals surface area contributed by atoms with E-state index in [-0.39, 0.29) is 11.9 Å². The maximum Gasteiger partial charge on any atom is 0.252 e. The summed E-state index contributed by atoms with van der Waals surface area (Å²) in [5.41, 5.74) is 0.485. The number of methoxy groups -OCH3 is 2. The molecule has 1 aliphatic heterocycles. The minimum Gasteiger partial charge on any atom is -0.497 e. The highest BCUT2D eigenvalue weighted by molar-refractivity contribution is 5.95. The van der Waals surface area contributed by atoms with Crippen LogP contribution in [-0.4, -0.2) is 34.9 Å². The van der Waals surface area contributed by atoms with E-state index >= 15 is 0 Å². The van der Waals surface area contributed by atoms with Crippen LogP contribution >= 0.6 is 0 Å². The van der Waals surface area contributed by atoms with Crippen molar-refractivity contribution in [1.29, 1.82) is 0 Å². The number of hydrogen-bond donors (Lipinski definition) is 1. The van der Waals surface area contributed by atoms with Gasteiger partial charge < -0.3 is 19.4 Å². The van der Waals surface area contributed by atoms with Gasteiger partial charge in [0.05, 0.1) is 20.3 Å². The molecule has 0 aliphatic carbocycles. The van der Waals surface area contributed by atoms with Gasteiger partial charge in [-0.3, -0.25) is 4.79 Å². The number of fused-ring (bicyclic) bond motifs is 1. The van der Waals surface area contributed by atoms with Crippen molar-refractivity contribution in [3.63, 3.8) is 0 Å². The second-order valence-electron chi connectivity index (χ2n) is 6.23. The molecule has 0 fully saturated rings. The van der Waals surface area contributed by atoms with Crippen LogP contribution in [0.3, 0.4) is 0 Å². The van der Waals surface area contributed by atoms with Crippen LogP contribution in [0.1, 0.15) is 54.2 Å². The van der Waals surface area contributed by atoms with Crippen LogP contribution in [0.2, 0.25) is 0 Å². The van der Waals surface area contributed by atoms with Crippen LogP contribution in [0, 0.1) is 0 Å². The van der Waals surface area contributed by atoms with Crippen LogP contribution in [-0.2, 0) is 13.0 Å². The lowest BCUT2D eigenvalue weighted by atomic mass is 10.1. The fourth-order valence-electron chi connectivity index (χ4n) is 3.11. The second-order valence-corrected chi connectivity index (χ2v) is 6.23. The fourth-order valence-corrected chi connectivity index (χ4v) is 3.11. The second kappa shape index (κ2) is 7.55. The quantitative estimate of drug-likeness (QED) is 0.902. The van der Waals surface area contributed by atoms with Gasteiger partial charge in [-0.25, -0.2) is 0 Å². The van der Waals surface area contributed by atoms with E-state index in [0.29, 0.717) is 17.1 Å². The lowest BCUT2D eigenvalue weighted by Crippen LogP contribution is -2.29. The fraction of sp³-hybridized carbons (Fsp3) is 0.500. The molecule has 0 bridgehead atoms. The molecular formula is C18H24N4O3. The molecule has 1 aliphatic rings. The lowest BCUT2D eigenvalue weighted by molar-refractivity contribution is 0.0936. The Hall–Kier alpha value is -2.57. The average molecular weight is 344 g/mol. The molecule has 25 heavy (non-hydrogen) atoms.